The molecule has 0 fully saturated rings. The van der Waals surface area contributed by atoms with Gasteiger partial charge >= 0.3 is 0 Å². The molecule has 0 atom stereocenters. The average molecular weight is 256 g/mol. The molecule has 1 N–H and O–H groups in total. The van der Waals surface area contributed by atoms with Crippen molar-refractivity contribution in [2.75, 3.05) is 12.4 Å². The second-order valence-corrected chi connectivity index (χ2v) is 4.33. The van der Waals surface area contributed by atoms with Crippen molar-refractivity contribution in [2.45, 2.75) is 13.8 Å². The van der Waals surface area contributed by atoms with Gasteiger partial charge in [-0.3, -0.25) is 4.79 Å². The van der Waals surface area contributed by atoms with Crippen molar-refractivity contribution in [1.82, 2.24) is 4.98 Å². The van der Waals surface area contributed by atoms with Crippen LogP contribution in [0.2, 0.25) is 0 Å². The number of nitrogens with one attached hydrogen (secondary N) is 1. The van der Waals surface area contributed by atoms with Crippen molar-refractivity contribution in [3.05, 3.63) is 53.2 Å². The van der Waals surface area contributed by atoms with E-state index in [0.717, 1.165) is 11.1 Å². The Hall–Kier alpha value is -2.36. The lowest BCUT2D eigenvalue weighted by Crippen LogP contribution is -2.15. The van der Waals surface area contributed by atoms with Crippen LogP contribution in [0.5, 0.6) is 5.75 Å². The molecule has 2 aromatic rings. The van der Waals surface area contributed by atoms with E-state index in [0.29, 0.717) is 17.1 Å². The number of carbonyl (C=O) groups excluding carboxylic acids is 1. The van der Waals surface area contributed by atoms with Gasteiger partial charge in [0.05, 0.1) is 12.7 Å². The van der Waals surface area contributed by atoms with Gasteiger partial charge in [0.15, 0.2) is 0 Å². The third kappa shape index (κ3) is 2.91. The molecule has 1 aromatic heterocycles. The molecule has 4 nitrogen and oxygen atoms in total. The van der Waals surface area contributed by atoms with E-state index in [1.807, 2.05) is 32.0 Å². The van der Waals surface area contributed by atoms with Gasteiger partial charge in [0.2, 0.25) is 0 Å². The van der Waals surface area contributed by atoms with Gasteiger partial charge in [-0.2, -0.15) is 0 Å². The van der Waals surface area contributed by atoms with E-state index in [-0.39, 0.29) is 5.91 Å². The summed E-state index contributed by atoms with van der Waals surface area (Å²) in [6.45, 7) is 3.86. The van der Waals surface area contributed by atoms with Crippen LogP contribution in [0, 0.1) is 13.8 Å². The Morgan fingerprint density at radius 1 is 1.26 bits per heavy atom. The smallest absolute Gasteiger partial charge is 0.260 e. The van der Waals surface area contributed by atoms with E-state index in [2.05, 4.69) is 10.3 Å². The number of carbonyl (C=O) groups is 1. The maximum atomic E-state index is 12.3. The third-order valence-corrected chi connectivity index (χ3v) is 2.80. The van der Waals surface area contributed by atoms with Crippen LogP contribution < -0.4 is 10.1 Å². The SMILES string of the molecule is COc1cc(C)cc(C)c1C(=O)Nc1ccccn1. The second-order valence-electron chi connectivity index (χ2n) is 4.33. The number of hydrogen-bond acceptors (Lipinski definition) is 3. The van der Waals surface area contributed by atoms with Gasteiger partial charge in [0.25, 0.3) is 5.91 Å². The number of rotatable bonds is 3. The van der Waals surface area contributed by atoms with Crippen molar-refractivity contribution in [3.8, 4) is 5.75 Å². The zero-order chi connectivity index (χ0) is 13.8. The molecule has 1 aromatic carbocycles. The normalized spacial score (nSPS) is 10.1. The average Bonchev–Trinajstić information content (AvgIpc) is 2.38. The number of aromatic nitrogens is 1. The van der Waals surface area contributed by atoms with Gasteiger partial charge in [0, 0.05) is 6.20 Å². The van der Waals surface area contributed by atoms with E-state index in [4.69, 9.17) is 4.74 Å². The number of nitrogens with zero attached hydrogens (tertiary/aromatic N) is 1. The first-order chi connectivity index (χ1) is 9.11. The highest BCUT2D eigenvalue weighted by molar-refractivity contribution is 6.06. The minimum Gasteiger partial charge on any atom is -0.496 e. The Morgan fingerprint density at radius 3 is 2.68 bits per heavy atom. The molecule has 1 heterocycles. The number of benzene rings is 1. The van der Waals surface area contributed by atoms with Crippen LogP contribution in [0.1, 0.15) is 21.5 Å². The molecule has 0 saturated heterocycles. The van der Waals surface area contributed by atoms with Gasteiger partial charge < -0.3 is 10.1 Å². The van der Waals surface area contributed by atoms with Gasteiger partial charge in [0.1, 0.15) is 11.6 Å². The Balaban J connectivity index is 2.34. The molecule has 0 aliphatic heterocycles. The second kappa shape index (κ2) is 5.52. The summed E-state index contributed by atoms with van der Waals surface area (Å²) in [4.78, 5) is 16.4. The fraction of sp³-hybridized carbons (Fsp3) is 0.200. The molecular formula is C15H16N2O2. The first-order valence-corrected chi connectivity index (χ1v) is 5.99. The summed E-state index contributed by atoms with van der Waals surface area (Å²) in [6.07, 6.45) is 1.63. The number of hydrogen-bond donors (Lipinski definition) is 1. The van der Waals surface area contributed by atoms with Crippen LogP contribution in [0.25, 0.3) is 0 Å². The lowest BCUT2D eigenvalue weighted by atomic mass is 10.0. The lowest BCUT2D eigenvalue weighted by molar-refractivity contribution is 0.102. The van der Waals surface area contributed by atoms with Gasteiger partial charge in [-0.25, -0.2) is 4.98 Å². The summed E-state index contributed by atoms with van der Waals surface area (Å²) < 4.78 is 5.28. The van der Waals surface area contributed by atoms with Gasteiger partial charge in [-0.1, -0.05) is 12.1 Å². The lowest BCUT2D eigenvalue weighted by Gasteiger charge is -2.12. The molecule has 0 saturated carbocycles. The molecule has 0 unspecified atom stereocenters. The number of methoxy groups -OCH3 is 1. The molecule has 98 valence electrons. The van der Waals surface area contributed by atoms with Crippen LogP contribution in [-0.2, 0) is 0 Å². The largest absolute Gasteiger partial charge is 0.496 e. The zero-order valence-corrected chi connectivity index (χ0v) is 11.2. The van der Waals surface area contributed by atoms with E-state index >= 15 is 0 Å². The van der Waals surface area contributed by atoms with E-state index in [1.165, 1.54) is 0 Å². The molecule has 2 rings (SSSR count). The highest BCUT2D eigenvalue weighted by Crippen LogP contribution is 2.24. The number of amides is 1. The zero-order valence-electron chi connectivity index (χ0n) is 11.2. The van der Waals surface area contributed by atoms with Crippen LogP contribution >= 0.6 is 0 Å². The summed E-state index contributed by atoms with van der Waals surface area (Å²) in [5.41, 5.74) is 2.48. The minimum absolute atomic E-state index is 0.215. The predicted molar refractivity (Wildman–Crippen MR) is 74.7 cm³/mol. The number of pyridine rings is 1. The molecule has 0 spiro atoms. The fourth-order valence-electron chi connectivity index (χ4n) is 2.00. The van der Waals surface area contributed by atoms with Crippen molar-refractivity contribution < 1.29 is 9.53 Å². The van der Waals surface area contributed by atoms with Crippen LogP contribution in [-0.4, -0.2) is 18.0 Å². The molecule has 0 aliphatic rings. The fourth-order valence-corrected chi connectivity index (χ4v) is 2.00. The van der Waals surface area contributed by atoms with Crippen LogP contribution in [0.4, 0.5) is 5.82 Å². The van der Waals surface area contributed by atoms with Crippen molar-refractivity contribution in [2.24, 2.45) is 0 Å². The van der Waals surface area contributed by atoms with E-state index in [1.54, 1.807) is 25.4 Å². The number of anilines is 1. The maximum Gasteiger partial charge on any atom is 0.260 e. The Kier molecular flexibility index (Phi) is 3.80. The topological polar surface area (TPSA) is 51.2 Å². The van der Waals surface area contributed by atoms with E-state index < -0.39 is 0 Å². The Bertz CT molecular complexity index is 595. The van der Waals surface area contributed by atoms with Crippen molar-refractivity contribution in [1.29, 1.82) is 0 Å². The summed E-state index contributed by atoms with van der Waals surface area (Å²) in [6, 6.07) is 9.17. The van der Waals surface area contributed by atoms with Gasteiger partial charge in [-0.15, -0.1) is 0 Å². The highest BCUT2D eigenvalue weighted by atomic mass is 16.5. The first kappa shape index (κ1) is 13.1. The number of ether oxygens (including phenoxy) is 1. The molecule has 0 bridgehead atoms. The summed E-state index contributed by atoms with van der Waals surface area (Å²) in [7, 11) is 1.56. The molecule has 0 radical (unpaired) electrons. The summed E-state index contributed by atoms with van der Waals surface area (Å²) in [5.74, 6) is 0.883. The molecule has 1 amide bonds. The third-order valence-electron chi connectivity index (χ3n) is 2.80. The molecular weight excluding hydrogens is 240 g/mol. The van der Waals surface area contributed by atoms with Crippen molar-refractivity contribution >= 4 is 11.7 Å². The van der Waals surface area contributed by atoms with Crippen molar-refractivity contribution in [3.63, 3.8) is 0 Å². The quantitative estimate of drug-likeness (QED) is 0.918. The Morgan fingerprint density at radius 2 is 2.05 bits per heavy atom. The predicted octanol–water partition coefficient (Wildman–Crippen LogP) is 2.96. The first-order valence-electron chi connectivity index (χ1n) is 5.99. The maximum absolute atomic E-state index is 12.3. The highest BCUT2D eigenvalue weighted by Gasteiger charge is 2.16. The number of aryl methyl sites for hydroxylation is 2. The monoisotopic (exact) mass is 256 g/mol. The summed E-state index contributed by atoms with van der Waals surface area (Å²) >= 11 is 0. The molecule has 0 aliphatic carbocycles. The van der Waals surface area contributed by atoms with Crippen LogP contribution in [0.15, 0.2) is 36.5 Å². The Labute approximate surface area is 112 Å². The minimum atomic E-state index is -0.215. The molecule has 4 heteroatoms. The summed E-state index contributed by atoms with van der Waals surface area (Å²) in [5, 5.41) is 2.76. The standard InChI is InChI=1S/C15H16N2O2/c1-10-8-11(2)14(12(9-10)19-3)15(18)17-13-6-4-5-7-16-13/h4-9H,1-3H3,(H,16,17,18). The van der Waals surface area contributed by atoms with Crippen LogP contribution in [0.3, 0.4) is 0 Å². The molecule has 19 heavy (non-hydrogen) atoms. The van der Waals surface area contributed by atoms with Gasteiger partial charge in [-0.05, 0) is 43.2 Å². The van der Waals surface area contributed by atoms with E-state index in [9.17, 15) is 4.79 Å².